The summed E-state index contributed by atoms with van der Waals surface area (Å²) in [4.78, 5) is 4.12. The molecule has 5 rings (SSSR count). The molecule has 4 aromatic rings. The molecule has 1 fully saturated rings. The number of hydrogen-bond acceptors (Lipinski definition) is 4. The molecule has 1 aromatic heterocycles. The highest BCUT2D eigenvalue weighted by molar-refractivity contribution is 6.48. The maximum Gasteiger partial charge on any atom is 0.214 e. The third-order valence-corrected chi connectivity index (χ3v) is 6.83. The van der Waals surface area contributed by atoms with Crippen LogP contribution >= 0.6 is 34.8 Å². The van der Waals surface area contributed by atoms with Crippen molar-refractivity contribution in [3.05, 3.63) is 106 Å². The van der Waals surface area contributed by atoms with E-state index in [-0.39, 0.29) is 6.10 Å². The second-order valence-electron chi connectivity index (χ2n) is 7.99. The van der Waals surface area contributed by atoms with E-state index in [1.165, 1.54) is 0 Å². The van der Waals surface area contributed by atoms with Crippen LogP contribution in [0.5, 0.6) is 5.75 Å². The molecule has 34 heavy (non-hydrogen) atoms. The molecular formula is C26H21Cl3N2O3. The van der Waals surface area contributed by atoms with Crippen LogP contribution in [0.1, 0.15) is 5.56 Å². The van der Waals surface area contributed by atoms with Crippen molar-refractivity contribution in [1.29, 1.82) is 0 Å². The molecule has 2 heterocycles. The van der Waals surface area contributed by atoms with Crippen molar-refractivity contribution in [2.45, 2.75) is 18.4 Å². The van der Waals surface area contributed by atoms with Crippen LogP contribution in [0.2, 0.25) is 15.1 Å². The second kappa shape index (κ2) is 9.98. The minimum atomic E-state index is -1.11. The molecule has 0 radical (unpaired) electrons. The van der Waals surface area contributed by atoms with Gasteiger partial charge in [0.1, 0.15) is 18.5 Å². The van der Waals surface area contributed by atoms with Gasteiger partial charge in [0.15, 0.2) is 0 Å². The number of halogens is 3. The van der Waals surface area contributed by atoms with Crippen molar-refractivity contribution in [2.75, 3.05) is 13.2 Å². The highest BCUT2D eigenvalue weighted by atomic mass is 35.5. The summed E-state index contributed by atoms with van der Waals surface area (Å²) in [7, 11) is 0. The zero-order valence-electron chi connectivity index (χ0n) is 18.0. The molecular weight excluding hydrogens is 495 g/mol. The van der Waals surface area contributed by atoms with Crippen LogP contribution in [-0.4, -0.2) is 28.9 Å². The van der Waals surface area contributed by atoms with Gasteiger partial charge in [0.25, 0.3) is 0 Å². The van der Waals surface area contributed by atoms with E-state index in [0.29, 0.717) is 40.4 Å². The lowest BCUT2D eigenvalue weighted by molar-refractivity contribution is -0.189. The van der Waals surface area contributed by atoms with Gasteiger partial charge >= 0.3 is 0 Å². The summed E-state index contributed by atoms with van der Waals surface area (Å²) in [5, 5.41) is 0.959. The van der Waals surface area contributed by atoms with Gasteiger partial charge in [0.05, 0.1) is 34.5 Å². The summed E-state index contributed by atoms with van der Waals surface area (Å²) in [5.41, 5.74) is 2.96. The monoisotopic (exact) mass is 514 g/mol. The van der Waals surface area contributed by atoms with Gasteiger partial charge in [-0.2, -0.15) is 0 Å². The standard InChI is InChI=1S/C26H21Cl3N2O3/c27-23-12-20(13-24(28)25(23)29)26(16-31-11-10-30-17-31)33-15-22(34-26)14-32-21-8-6-19(7-9-21)18-4-2-1-3-5-18/h1-13,17,22H,14-16H2/t22-,26-/m1/s1. The van der Waals surface area contributed by atoms with Crippen LogP contribution in [0.3, 0.4) is 0 Å². The largest absolute Gasteiger partial charge is 0.491 e. The van der Waals surface area contributed by atoms with E-state index in [9.17, 15) is 0 Å². The molecule has 3 aromatic carbocycles. The molecule has 1 aliphatic rings. The third-order valence-electron chi connectivity index (χ3n) is 5.63. The molecule has 174 valence electrons. The van der Waals surface area contributed by atoms with E-state index in [1.807, 2.05) is 53.2 Å². The van der Waals surface area contributed by atoms with E-state index in [1.54, 1.807) is 24.7 Å². The first-order valence-corrected chi connectivity index (χ1v) is 11.9. The summed E-state index contributed by atoms with van der Waals surface area (Å²) in [6.07, 6.45) is 4.94. The normalized spacial score (nSPS) is 19.9. The van der Waals surface area contributed by atoms with Crippen LogP contribution in [0.15, 0.2) is 85.5 Å². The van der Waals surface area contributed by atoms with Crippen molar-refractivity contribution in [3.8, 4) is 16.9 Å². The molecule has 0 spiro atoms. The van der Waals surface area contributed by atoms with Gasteiger partial charge in [-0.25, -0.2) is 4.98 Å². The lowest BCUT2D eigenvalue weighted by atomic mass is 10.1. The van der Waals surface area contributed by atoms with Gasteiger partial charge in [0, 0.05) is 18.0 Å². The van der Waals surface area contributed by atoms with Crippen molar-refractivity contribution < 1.29 is 14.2 Å². The van der Waals surface area contributed by atoms with Gasteiger partial charge < -0.3 is 18.8 Å². The quantitative estimate of drug-likeness (QED) is 0.252. The predicted octanol–water partition coefficient (Wildman–Crippen LogP) is 6.86. The Morgan fingerprint density at radius 1 is 0.971 bits per heavy atom. The zero-order chi connectivity index (χ0) is 23.5. The summed E-state index contributed by atoms with van der Waals surface area (Å²) >= 11 is 18.8. The van der Waals surface area contributed by atoms with Crippen LogP contribution in [0.25, 0.3) is 11.1 Å². The van der Waals surface area contributed by atoms with E-state index in [2.05, 4.69) is 17.1 Å². The fourth-order valence-corrected chi connectivity index (χ4v) is 4.53. The first kappa shape index (κ1) is 23.2. The predicted molar refractivity (Wildman–Crippen MR) is 134 cm³/mol. The average Bonchev–Trinajstić information content (AvgIpc) is 3.53. The lowest BCUT2D eigenvalue weighted by Crippen LogP contribution is -2.34. The van der Waals surface area contributed by atoms with Crippen molar-refractivity contribution in [2.24, 2.45) is 0 Å². The molecule has 0 bridgehead atoms. The molecule has 0 unspecified atom stereocenters. The first-order chi connectivity index (χ1) is 16.5. The highest BCUT2D eigenvalue weighted by Gasteiger charge is 2.44. The summed E-state index contributed by atoms with van der Waals surface area (Å²) < 4.78 is 20.5. The number of rotatable bonds is 7. The maximum absolute atomic E-state index is 6.42. The Labute approximate surface area is 212 Å². The second-order valence-corrected chi connectivity index (χ2v) is 9.19. The Morgan fingerprint density at radius 3 is 2.35 bits per heavy atom. The lowest BCUT2D eigenvalue weighted by Gasteiger charge is -2.29. The molecule has 8 heteroatoms. The van der Waals surface area contributed by atoms with Gasteiger partial charge in [-0.1, -0.05) is 77.3 Å². The maximum atomic E-state index is 6.42. The molecule has 0 aliphatic carbocycles. The first-order valence-electron chi connectivity index (χ1n) is 10.7. The molecule has 1 aliphatic heterocycles. The van der Waals surface area contributed by atoms with Crippen LogP contribution < -0.4 is 4.74 Å². The number of imidazole rings is 1. The van der Waals surface area contributed by atoms with Crippen LogP contribution in [0, 0.1) is 0 Å². The summed E-state index contributed by atoms with van der Waals surface area (Å²) in [6.45, 7) is 1.03. The minimum Gasteiger partial charge on any atom is -0.491 e. The van der Waals surface area contributed by atoms with E-state index in [0.717, 1.165) is 16.9 Å². The Hall–Kier alpha value is -2.54. The van der Waals surface area contributed by atoms with Crippen molar-refractivity contribution in [3.63, 3.8) is 0 Å². The number of aromatic nitrogens is 2. The molecule has 5 nitrogen and oxygen atoms in total. The number of benzene rings is 3. The Kier molecular flexibility index (Phi) is 6.82. The number of nitrogens with zero attached hydrogens (tertiary/aromatic N) is 2. The average molecular weight is 516 g/mol. The Morgan fingerprint density at radius 2 is 1.68 bits per heavy atom. The topological polar surface area (TPSA) is 45.5 Å². The van der Waals surface area contributed by atoms with Crippen molar-refractivity contribution >= 4 is 34.8 Å². The van der Waals surface area contributed by atoms with E-state index >= 15 is 0 Å². The number of ether oxygens (including phenoxy) is 3. The van der Waals surface area contributed by atoms with E-state index < -0.39 is 5.79 Å². The summed E-state index contributed by atoms with van der Waals surface area (Å²) in [6, 6.07) is 21.6. The molecule has 0 saturated carbocycles. The molecule has 0 amide bonds. The van der Waals surface area contributed by atoms with Crippen LogP contribution in [0.4, 0.5) is 0 Å². The van der Waals surface area contributed by atoms with Gasteiger partial charge in [-0.15, -0.1) is 0 Å². The highest BCUT2D eigenvalue weighted by Crippen LogP contribution is 2.41. The Bertz CT molecular complexity index is 1230. The fourth-order valence-electron chi connectivity index (χ4n) is 3.93. The molecule has 0 N–H and O–H groups in total. The molecule has 2 atom stereocenters. The van der Waals surface area contributed by atoms with Gasteiger partial charge in [-0.3, -0.25) is 0 Å². The minimum absolute atomic E-state index is 0.293. The van der Waals surface area contributed by atoms with E-state index in [4.69, 9.17) is 49.0 Å². The third kappa shape index (κ3) is 4.95. The zero-order valence-corrected chi connectivity index (χ0v) is 20.3. The van der Waals surface area contributed by atoms with Gasteiger partial charge in [0.2, 0.25) is 5.79 Å². The SMILES string of the molecule is Clc1cc([C@]2(Cn3ccnc3)OC[C@@H](COc3ccc(-c4ccccc4)cc3)O2)cc(Cl)c1Cl. The number of hydrogen-bond donors (Lipinski definition) is 0. The molecule has 1 saturated heterocycles. The smallest absolute Gasteiger partial charge is 0.214 e. The van der Waals surface area contributed by atoms with Crippen LogP contribution in [-0.2, 0) is 21.8 Å². The Balaban J connectivity index is 1.31. The fraction of sp³-hybridized carbons (Fsp3) is 0.192. The van der Waals surface area contributed by atoms with Gasteiger partial charge in [-0.05, 0) is 35.4 Å². The van der Waals surface area contributed by atoms with Crippen molar-refractivity contribution in [1.82, 2.24) is 9.55 Å². The summed E-state index contributed by atoms with van der Waals surface area (Å²) in [5.74, 6) is -0.350.